The van der Waals surface area contributed by atoms with Gasteiger partial charge in [0.05, 0.1) is 6.54 Å². The second-order valence-corrected chi connectivity index (χ2v) is 7.44. The van der Waals surface area contributed by atoms with E-state index in [1.165, 1.54) is 11.1 Å². The molecule has 0 atom stereocenters. The summed E-state index contributed by atoms with van der Waals surface area (Å²) in [5, 5.41) is 12.1. The van der Waals surface area contributed by atoms with E-state index >= 15 is 0 Å². The van der Waals surface area contributed by atoms with Crippen LogP contribution in [0.15, 0.2) is 24.3 Å². The number of aryl methyl sites for hydroxylation is 2. The molecule has 1 aromatic heterocycles. The van der Waals surface area contributed by atoms with Crippen molar-refractivity contribution in [1.29, 1.82) is 0 Å². The molecular weight excluding hydrogens is 326 g/mol. The number of piperidine rings is 1. The Labute approximate surface area is 154 Å². The van der Waals surface area contributed by atoms with Gasteiger partial charge in [0, 0.05) is 38.5 Å². The van der Waals surface area contributed by atoms with E-state index in [4.69, 9.17) is 0 Å². The van der Waals surface area contributed by atoms with Crippen molar-refractivity contribution in [3.8, 4) is 0 Å². The second-order valence-electron chi connectivity index (χ2n) is 7.44. The highest BCUT2D eigenvalue weighted by molar-refractivity contribution is 5.76. The summed E-state index contributed by atoms with van der Waals surface area (Å²) in [5.41, 5.74) is 2.50. The monoisotopic (exact) mass is 353 g/mol. The fraction of sp³-hybridized carbons (Fsp3) is 0.550. The number of amides is 1. The maximum absolute atomic E-state index is 12.5. The van der Waals surface area contributed by atoms with Gasteiger partial charge in [-0.15, -0.1) is 10.2 Å². The van der Waals surface area contributed by atoms with Gasteiger partial charge in [0.15, 0.2) is 0 Å². The number of fused-ring (bicyclic) bond motifs is 1. The van der Waals surface area contributed by atoms with Gasteiger partial charge in [0.1, 0.15) is 11.6 Å². The molecule has 26 heavy (non-hydrogen) atoms. The van der Waals surface area contributed by atoms with Crippen LogP contribution in [-0.4, -0.2) is 45.2 Å². The molecule has 4 rings (SSSR count). The van der Waals surface area contributed by atoms with Gasteiger partial charge < -0.3 is 14.8 Å². The zero-order valence-electron chi connectivity index (χ0n) is 15.4. The largest absolute Gasteiger partial charge is 0.343 e. The first-order valence-electron chi connectivity index (χ1n) is 9.67. The minimum atomic E-state index is 0.275. The Morgan fingerprint density at radius 1 is 1.15 bits per heavy atom. The van der Waals surface area contributed by atoms with Crippen LogP contribution in [0, 0.1) is 6.92 Å². The SMILES string of the molecule is Cc1ccc(CCC(=O)N2CCC(c3nnc4n3CCNC4)CC2)cc1. The lowest BCUT2D eigenvalue weighted by Crippen LogP contribution is -2.39. The molecule has 1 fully saturated rings. The van der Waals surface area contributed by atoms with Crippen molar-refractivity contribution in [1.82, 2.24) is 25.0 Å². The molecule has 2 aliphatic rings. The van der Waals surface area contributed by atoms with Gasteiger partial charge in [0.2, 0.25) is 5.91 Å². The Hall–Kier alpha value is -2.21. The lowest BCUT2D eigenvalue weighted by Gasteiger charge is -2.32. The molecule has 0 aliphatic carbocycles. The number of nitrogens with one attached hydrogen (secondary N) is 1. The molecule has 2 aliphatic heterocycles. The Bertz CT molecular complexity index is 759. The number of likely N-dealkylation sites (tertiary alicyclic amines) is 1. The van der Waals surface area contributed by atoms with Crippen molar-refractivity contribution in [3.05, 3.63) is 47.0 Å². The lowest BCUT2D eigenvalue weighted by atomic mass is 9.95. The summed E-state index contributed by atoms with van der Waals surface area (Å²) in [6.07, 6.45) is 3.40. The van der Waals surface area contributed by atoms with E-state index in [1.807, 2.05) is 4.90 Å². The third kappa shape index (κ3) is 3.65. The van der Waals surface area contributed by atoms with Gasteiger partial charge in [-0.05, 0) is 31.7 Å². The summed E-state index contributed by atoms with van der Waals surface area (Å²) in [6, 6.07) is 8.47. The van der Waals surface area contributed by atoms with Crippen molar-refractivity contribution >= 4 is 5.91 Å². The van der Waals surface area contributed by atoms with E-state index in [-0.39, 0.29) is 5.91 Å². The summed E-state index contributed by atoms with van der Waals surface area (Å²) >= 11 is 0. The lowest BCUT2D eigenvalue weighted by molar-refractivity contribution is -0.132. The van der Waals surface area contributed by atoms with Crippen molar-refractivity contribution in [2.24, 2.45) is 0 Å². The number of carbonyl (C=O) groups excluding carboxylic acids is 1. The van der Waals surface area contributed by atoms with Crippen LogP contribution in [0.25, 0.3) is 0 Å². The smallest absolute Gasteiger partial charge is 0.222 e. The third-order valence-electron chi connectivity index (χ3n) is 5.61. The van der Waals surface area contributed by atoms with Crippen LogP contribution in [-0.2, 0) is 24.3 Å². The summed E-state index contributed by atoms with van der Waals surface area (Å²) in [6.45, 7) is 6.49. The molecule has 3 heterocycles. The van der Waals surface area contributed by atoms with Gasteiger partial charge >= 0.3 is 0 Å². The topological polar surface area (TPSA) is 63.1 Å². The van der Waals surface area contributed by atoms with Crippen LogP contribution in [0.5, 0.6) is 0 Å². The standard InChI is InChI=1S/C20H27N5O/c1-15-2-4-16(5-3-15)6-7-19(26)24-11-8-17(9-12-24)20-23-22-18-14-21-10-13-25(18)20/h2-5,17,21H,6-14H2,1H3. The number of rotatable bonds is 4. The van der Waals surface area contributed by atoms with Crippen molar-refractivity contribution in [2.45, 2.75) is 51.6 Å². The van der Waals surface area contributed by atoms with Gasteiger partial charge in [0.25, 0.3) is 0 Å². The molecule has 1 saturated heterocycles. The predicted molar refractivity (Wildman–Crippen MR) is 99.8 cm³/mol. The molecular formula is C20H27N5O. The maximum Gasteiger partial charge on any atom is 0.222 e. The molecule has 1 N–H and O–H groups in total. The summed E-state index contributed by atoms with van der Waals surface area (Å²) in [7, 11) is 0. The van der Waals surface area contributed by atoms with Gasteiger partial charge in [-0.1, -0.05) is 29.8 Å². The molecule has 1 aromatic carbocycles. The number of hydrogen-bond donors (Lipinski definition) is 1. The van der Waals surface area contributed by atoms with Crippen LogP contribution in [0.3, 0.4) is 0 Å². The van der Waals surface area contributed by atoms with Crippen LogP contribution < -0.4 is 5.32 Å². The fourth-order valence-corrected chi connectivity index (χ4v) is 3.97. The fourth-order valence-electron chi connectivity index (χ4n) is 3.97. The molecule has 2 aromatic rings. The van der Waals surface area contributed by atoms with Gasteiger partial charge in [-0.25, -0.2) is 0 Å². The number of nitrogens with zero attached hydrogens (tertiary/aromatic N) is 4. The first kappa shape index (κ1) is 17.2. The van der Waals surface area contributed by atoms with Crippen molar-refractivity contribution in [3.63, 3.8) is 0 Å². The number of hydrogen-bond acceptors (Lipinski definition) is 4. The quantitative estimate of drug-likeness (QED) is 0.914. The zero-order chi connectivity index (χ0) is 17.9. The normalized spacial score (nSPS) is 18.0. The summed E-state index contributed by atoms with van der Waals surface area (Å²) in [5.74, 6) is 2.86. The Balaban J connectivity index is 1.30. The molecule has 0 radical (unpaired) electrons. The van der Waals surface area contributed by atoms with Crippen LogP contribution in [0.1, 0.15) is 48.0 Å². The molecule has 138 valence electrons. The molecule has 0 unspecified atom stereocenters. The molecule has 6 nitrogen and oxygen atoms in total. The van der Waals surface area contributed by atoms with E-state index in [9.17, 15) is 4.79 Å². The molecule has 0 spiro atoms. The van der Waals surface area contributed by atoms with Crippen LogP contribution in [0.2, 0.25) is 0 Å². The maximum atomic E-state index is 12.5. The summed E-state index contributed by atoms with van der Waals surface area (Å²) in [4.78, 5) is 14.6. The number of carbonyl (C=O) groups is 1. The minimum absolute atomic E-state index is 0.275. The first-order valence-corrected chi connectivity index (χ1v) is 9.67. The van der Waals surface area contributed by atoms with E-state index < -0.39 is 0 Å². The molecule has 0 bridgehead atoms. The van der Waals surface area contributed by atoms with Crippen LogP contribution >= 0.6 is 0 Å². The predicted octanol–water partition coefficient (Wildman–Crippen LogP) is 2.03. The Kier molecular flexibility index (Phi) is 5.02. The Morgan fingerprint density at radius 3 is 2.69 bits per heavy atom. The minimum Gasteiger partial charge on any atom is -0.343 e. The first-order chi connectivity index (χ1) is 12.7. The average molecular weight is 353 g/mol. The van der Waals surface area contributed by atoms with Gasteiger partial charge in [-0.2, -0.15) is 0 Å². The second kappa shape index (κ2) is 7.58. The highest BCUT2D eigenvalue weighted by Gasteiger charge is 2.28. The highest BCUT2D eigenvalue weighted by atomic mass is 16.2. The zero-order valence-corrected chi connectivity index (χ0v) is 15.4. The third-order valence-corrected chi connectivity index (χ3v) is 5.61. The molecule has 1 amide bonds. The van der Waals surface area contributed by atoms with Crippen molar-refractivity contribution in [2.75, 3.05) is 19.6 Å². The summed E-state index contributed by atoms with van der Waals surface area (Å²) < 4.78 is 2.27. The average Bonchev–Trinajstić information content (AvgIpc) is 3.11. The molecule has 0 saturated carbocycles. The van der Waals surface area contributed by atoms with E-state index in [0.29, 0.717) is 12.3 Å². The van der Waals surface area contributed by atoms with E-state index in [1.54, 1.807) is 0 Å². The van der Waals surface area contributed by atoms with Crippen LogP contribution in [0.4, 0.5) is 0 Å². The Morgan fingerprint density at radius 2 is 1.92 bits per heavy atom. The highest BCUT2D eigenvalue weighted by Crippen LogP contribution is 2.28. The van der Waals surface area contributed by atoms with Gasteiger partial charge in [-0.3, -0.25) is 4.79 Å². The van der Waals surface area contributed by atoms with Crippen molar-refractivity contribution < 1.29 is 4.79 Å². The van der Waals surface area contributed by atoms with E-state index in [2.05, 4.69) is 51.3 Å². The van der Waals surface area contributed by atoms with E-state index in [0.717, 1.165) is 63.6 Å². The number of aromatic nitrogens is 3. The molecule has 6 heteroatoms. The number of benzene rings is 1.